The number of nitrogens with one attached hydrogen (secondary N) is 3. The lowest BCUT2D eigenvalue weighted by atomic mass is 10.1. The molecule has 0 aliphatic heterocycles. The predicted octanol–water partition coefficient (Wildman–Crippen LogP) is 3.18. The summed E-state index contributed by atoms with van der Waals surface area (Å²) in [6.45, 7) is 4.85. The highest BCUT2D eigenvalue weighted by Crippen LogP contribution is 2.05. The first-order valence-electron chi connectivity index (χ1n) is 9.49. The molecule has 7 heteroatoms. The fourth-order valence-corrected chi connectivity index (χ4v) is 2.61. The second-order valence-corrected chi connectivity index (χ2v) is 6.69. The zero-order valence-electron chi connectivity index (χ0n) is 17.3. The van der Waals surface area contributed by atoms with Crippen LogP contribution in [-0.4, -0.2) is 39.1 Å². The van der Waals surface area contributed by atoms with Crippen molar-refractivity contribution in [2.75, 3.05) is 27.2 Å². The van der Waals surface area contributed by atoms with Crippen LogP contribution in [-0.2, 0) is 17.9 Å². The summed E-state index contributed by atoms with van der Waals surface area (Å²) in [5.74, 6) is 1.01. The Bertz CT molecular complexity index is 751. The minimum absolute atomic E-state index is 0. The van der Waals surface area contributed by atoms with Gasteiger partial charge in [0.1, 0.15) is 0 Å². The van der Waals surface area contributed by atoms with Gasteiger partial charge in [0.2, 0.25) is 0 Å². The van der Waals surface area contributed by atoms with Crippen LogP contribution in [0.1, 0.15) is 28.4 Å². The molecule has 1 atom stereocenters. The van der Waals surface area contributed by atoms with Crippen molar-refractivity contribution in [2.45, 2.75) is 20.1 Å². The van der Waals surface area contributed by atoms with Crippen LogP contribution >= 0.6 is 24.0 Å². The second-order valence-electron chi connectivity index (χ2n) is 6.69. The van der Waals surface area contributed by atoms with E-state index in [1.165, 1.54) is 5.56 Å². The third-order valence-corrected chi connectivity index (χ3v) is 4.26. The highest BCUT2D eigenvalue weighted by atomic mass is 127. The van der Waals surface area contributed by atoms with Crippen molar-refractivity contribution in [3.05, 3.63) is 71.3 Å². The average molecular weight is 510 g/mol. The number of amides is 1. The Hall–Kier alpha value is -2.13. The molecule has 1 unspecified atom stereocenters. The maximum atomic E-state index is 11.6. The number of benzene rings is 2. The van der Waals surface area contributed by atoms with E-state index in [0.717, 1.165) is 18.1 Å². The summed E-state index contributed by atoms with van der Waals surface area (Å²) in [5.41, 5.74) is 2.91. The summed E-state index contributed by atoms with van der Waals surface area (Å²) in [6.07, 6.45) is 0. The van der Waals surface area contributed by atoms with Crippen LogP contribution in [0.25, 0.3) is 0 Å². The Balaban J connectivity index is 0.00000420. The van der Waals surface area contributed by atoms with Gasteiger partial charge in [-0.1, -0.05) is 49.4 Å². The Labute approximate surface area is 190 Å². The van der Waals surface area contributed by atoms with Crippen molar-refractivity contribution < 1.29 is 9.53 Å². The molecule has 0 saturated heterocycles. The smallest absolute Gasteiger partial charge is 0.251 e. The second kappa shape index (κ2) is 13.9. The molecule has 0 heterocycles. The highest BCUT2D eigenvalue weighted by molar-refractivity contribution is 14.0. The molecule has 0 aliphatic rings. The molecular weight excluding hydrogens is 479 g/mol. The standard InChI is InChI=1S/C22H30N4O2.HI/c1-17(15-28-16-19-7-5-4-6-8-19)13-25-22(24-3)26-14-18-9-11-20(12-10-18)21(27)23-2;/h4-12,17H,13-16H2,1-3H3,(H,23,27)(H2,24,25,26);1H. The van der Waals surface area contributed by atoms with E-state index < -0.39 is 0 Å². The van der Waals surface area contributed by atoms with E-state index in [-0.39, 0.29) is 29.9 Å². The van der Waals surface area contributed by atoms with Gasteiger partial charge in [0, 0.05) is 32.7 Å². The van der Waals surface area contributed by atoms with E-state index in [1.54, 1.807) is 14.1 Å². The molecule has 6 nitrogen and oxygen atoms in total. The van der Waals surface area contributed by atoms with Gasteiger partial charge in [0.15, 0.2) is 5.96 Å². The van der Waals surface area contributed by atoms with Crippen molar-refractivity contribution in [1.82, 2.24) is 16.0 Å². The Morgan fingerprint density at radius 3 is 2.34 bits per heavy atom. The number of halogens is 1. The lowest BCUT2D eigenvalue weighted by Crippen LogP contribution is -2.39. The summed E-state index contributed by atoms with van der Waals surface area (Å²) in [4.78, 5) is 15.8. The number of aliphatic imine (C=N–C) groups is 1. The monoisotopic (exact) mass is 510 g/mol. The fraction of sp³-hybridized carbons (Fsp3) is 0.364. The van der Waals surface area contributed by atoms with Crippen LogP contribution in [0.3, 0.4) is 0 Å². The van der Waals surface area contributed by atoms with Crippen molar-refractivity contribution in [3.63, 3.8) is 0 Å². The molecule has 0 aromatic heterocycles. The Morgan fingerprint density at radius 2 is 1.72 bits per heavy atom. The van der Waals surface area contributed by atoms with Crippen LogP contribution in [0.2, 0.25) is 0 Å². The van der Waals surface area contributed by atoms with E-state index in [1.807, 2.05) is 42.5 Å². The van der Waals surface area contributed by atoms with Gasteiger partial charge >= 0.3 is 0 Å². The maximum absolute atomic E-state index is 11.6. The zero-order valence-corrected chi connectivity index (χ0v) is 19.6. The fourth-order valence-electron chi connectivity index (χ4n) is 2.61. The van der Waals surface area contributed by atoms with E-state index in [4.69, 9.17) is 4.74 Å². The van der Waals surface area contributed by atoms with Crippen molar-refractivity contribution >= 4 is 35.8 Å². The van der Waals surface area contributed by atoms with Crippen LogP contribution in [0, 0.1) is 5.92 Å². The molecule has 0 aliphatic carbocycles. The minimum Gasteiger partial charge on any atom is -0.376 e. The first-order chi connectivity index (χ1) is 13.6. The lowest BCUT2D eigenvalue weighted by molar-refractivity contribution is 0.0931. The van der Waals surface area contributed by atoms with Crippen molar-refractivity contribution in [3.8, 4) is 0 Å². The van der Waals surface area contributed by atoms with Gasteiger partial charge in [-0.3, -0.25) is 9.79 Å². The summed E-state index contributed by atoms with van der Waals surface area (Å²) >= 11 is 0. The van der Waals surface area contributed by atoms with Gasteiger partial charge in [0.05, 0.1) is 13.2 Å². The number of hydrogen-bond acceptors (Lipinski definition) is 3. The highest BCUT2D eigenvalue weighted by Gasteiger charge is 2.06. The molecule has 2 aromatic rings. The van der Waals surface area contributed by atoms with Crippen molar-refractivity contribution in [1.29, 1.82) is 0 Å². The van der Waals surface area contributed by atoms with Crippen LogP contribution in [0.4, 0.5) is 0 Å². The molecular formula is C22H31IN4O2. The summed E-state index contributed by atoms with van der Waals surface area (Å²) in [7, 11) is 3.38. The van der Waals surface area contributed by atoms with Gasteiger partial charge < -0.3 is 20.7 Å². The molecule has 0 spiro atoms. The minimum atomic E-state index is -0.0829. The number of ether oxygens (including phenoxy) is 1. The summed E-state index contributed by atoms with van der Waals surface area (Å²) in [5, 5.41) is 9.22. The van der Waals surface area contributed by atoms with E-state index in [2.05, 4.69) is 40.0 Å². The molecule has 2 aromatic carbocycles. The number of nitrogens with zero attached hydrogens (tertiary/aromatic N) is 1. The zero-order chi connectivity index (χ0) is 20.2. The van der Waals surface area contributed by atoms with E-state index in [9.17, 15) is 4.79 Å². The van der Waals surface area contributed by atoms with Crippen molar-refractivity contribution in [2.24, 2.45) is 10.9 Å². The van der Waals surface area contributed by atoms with Crippen LogP contribution in [0.15, 0.2) is 59.6 Å². The van der Waals surface area contributed by atoms with Gasteiger partial charge in [-0.2, -0.15) is 0 Å². The Kier molecular flexibility index (Phi) is 12.0. The third-order valence-electron chi connectivity index (χ3n) is 4.26. The SMILES string of the molecule is CN=C(NCc1ccc(C(=O)NC)cc1)NCC(C)COCc1ccccc1.I. The molecule has 0 saturated carbocycles. The van der Waals surface area contributed by atoms with E-state index >= 15 is 0 Å². The molecule has 158 valence electrons. The quantitative estimate of drug-likeness (QED) is 0.275. The van der Waals surface area contributed by atoms with Crippen LogP contribution < -0.4 is 16.0 Å². The number of carbonyl (C=O) groups excluding carboxylic acids is 1. The number of hydrogen-bond donors (Lipinski definition) is 3. The first kappa shape index (κ1) is 24.9. The largest absolute Gasteiger partial charge is 0.376 e. The number of guanidine groups is 1. The first-order valence-corrected chi connectivity index (χ1v) is 9.49. The van der Waals surface area contributed by atoms with E-state index in [0.29, 0.717) is 31.2 Å². The lowest BCUT2D eigenvalue weighted by Gasteiger charge is -2.16. The average Bonchev–Trinajstić information content (AvgIpc) is 2.74. The van der Waals surface area contributed by atoms with Gasteiger partial charge in [-0.15, -0.1) is 24.0 Å². The summed E-state index contributed by atoms with van der Waals surface area (Å²) in [6, 6.07) is 17.7. The van der Waals surface area contributed by atoms with Gasteiger partial charge in [0.25, 0.3) is 5.91 Å². The summed E-state index contributed by atoms with van der Waals surface area (Å²) < 4.78 is 5.78. The molecule has 1 amide bonds. The molecule has 29 heavy (non-hydrogen) atoms. The Morgan fingerprint density at radius 1 is 1.03 bits per heavy atom. The number of carbonyl (C=O) groups is 1. The normalized spacial score (nSPS) is 11.9. The van der Waals surface area contributed by atoms with Gasteiger partial charge in [-0.25, -0.2) is 0 Å². The molecule has 3 N–H and O–H groups in total. The molecule has 2 rings (SSSR count). The van der Waals surface area contributed by atoms with Crippen LogP contribution in [0.5, 0.6) is 0 Å². The molecule has 0 bridgehead atoms. The van der Waals surface area contributed by atoms with Gasteiger partial charge in [-0.05, 0) is 29.2 Å². The third kappa shape index (κ3) is 9.27. The topological polar surface area (TPSA) is 74.8 Å². The maximum Gasteiger partial charge on any atom is 0.251 e. The number of rotatable bonds is 9. The predicted molar refractivity (Wildman–Crippen MR) is 129 cm³/mol. The molecule has 0 fully saturated rings. The molecule has 0 radical (unpaired) electrons.